The molecule has 0 aliphatic carbocycles. The summed E-state index contributed by atoms with van der Waals surface area (Å²) in [6, 6.07) is 0. The number of esters is 2. The van der Waals surface area contributed by atoms with Gasteiger partial charge in [-0.3, -0.25) is 4.79 Å². The Kier molecular flexibility index (Phi) is 4.86. The van der Waals surface area contributed by atoms with Gasteiger partial charge in [-0.1, -0.05) is 27.7 Å². The average molecular weight is 370 g/mol. The molecule has 3 fully saturated rings. The minimum atomic E-state index is -1.08. The fourth-order valence-electron chi connectivity index (χ4n) is 3.99. The molecular formula is C19H30O7. The Hall–Kier alpha value is -1.18. The molecule has 7 heteroatoms. The standard InChI is InChI=1S/C19H30O7/c1-9(2)8-19(7,10(3)4)17(21)24-13-11-12(22-15(13)20)14-16(23-11)26-18(5,6)25-14/h9-14,16H,8H2,1-7H3. The highest BCUT2D eigenvalue weighted by Gasteiger charge is 2.64. The number of rotatable bonds is 5. The molecule has 7 nitrogen and oxygen atoms in total. The Balaban J connectivity index is 1.73. The van der Waals surface area contributed by atoms with Crippen LogP contribution in [0.5, 0.6) is 0 Å². The van der Waals surface area contributed by atoms with Gasteiger partial charge in [0.1, 0.15) is 6.10 Å². The zero-order valence-electron chi connectivity index (χ0n) is 16.6. The van der Waals surface area contributed by atoms with Crippen molar-refractivity contribution in [2.24, 2.45) is 17.3 Å². The molecule has 6 unspecified atom stereocenters. The van der Waals surface area contributed by atoms with Crippen molar-refractivity contribution in [3.63, 3.8) is 0 Å². The van der Waals surface area contributed by atoms with Gasteiger partial charge in [-0.2, -0.15) is 0 Å². The summed E-state index contributed by atoms with van der Waals surface area (Å²) >= 11 is 0. The van der Waals surface area contributed by atoms with Crippen molar-refractivity contribution in [2.75, 3.05) is 0 Å². The molecule has 3 saturated heterocycles. The Morgan fingerprint density at radius 3 is 2.38 bits per heavy atom. The normalized spacial score (nSPS) is 37.4. The highest BCUT2D eigenvalue weighted by molar-refractivity contribution is 5.84. The van der Waals surface area contributed by atoms with E-state index in [0.29, 0.717) is 12.3 Å². The Labute approximate surface area is 154 Å². The third-order valence-electron chi connectivity index (χ3n) is 5.62. The van der Waals surface area contributed by atoms with E-state index in [9.17, 15) is 9.59 Å². The van der Waals surface area contributed by atoms with Crippen LogP contribution in [0.2, 0.25) is 0 Å². The monoisotopic (exact) mass is 370 g/mol. The topological polar surface area (TPSA) is 80.3 Å². The lowest BCUT2D eigenvalue weighted by Gasteiger charge is -2.34. The first-order valence-corrected chi connectivity index (χ1v) is 9.37. The second-order valence-corrected chi connectivity index (χ2v) is 8.97. The third kappa shape index (κ3) is 3.25. The molecule has 0 aromatic rings. The predicted molar refractivity (Wildman–Crippen MR) is 90.9 cm³/mol. The van der Waals surface area contributed by atoms with Crippen LogP contribution in [0.15, 0.2) is 0 Å². The molecule has 0 N–H and O–H groups in total. The Bertz CT molecular complexity index is 584. The smallest absolute Gasteiger partial charge is 0.350 e. The van der Waals surface area contributed by atoms with Crippen LogP contribution in [-0.4, -0.2) is 48.4 Å². The van der Waals surface area contributed by atoms with Crippen LogP contribution in [0.3, 0.4) is 0 Å². The molecule has 148 valence electrons. The van der Waals surface area contributed by atoms with E-state index in [4.69, 9.17) is 23.7 Å². The van der Waals surface area contributed by atoms with E-state index in [2.05, 4.69) is 13.8 Å². The van der Waals surface area contributed by atoms with Crippen LogP contribution in [0.4, 0.5) is 0 Å². The SMILES string of the molecule is CC(C)CC(C)(C(=O)OC1C(=O)OC2C3OC(C)(C)OC3OC12)C(C)C. The summed E-state index contributed by atoms with van der Waals surface area (Å²) in [4.78, 5) is 25.3. The van der Waals surface area contributed by atoms with Gasteiger partial charge in [-0.15, -0.1) is 0 Å². The molecule has 3 heterocycles. The van der Waals surface area contributed by atoms with E-state index < -0.39 is 53.8 Å². The van der Waals surface area contributed by atoms with Crippen molar-refractivity contribution < 1.29 is 33.3 Å². The van der Waals surface area contributed by atoms with E-state index in [1.54, 1.807) is 13.8 Å². The summed E-state index contributed by atoms with van der Waals surface area (Å²) in [6.45, 7) is 13.5. The summed E-state index contributed by atoms with van der Waals surface area (Å²) in [7, 11) is 0. The van der Waals surface area contributed by atoms with Crippen molar-refractivity contribution >= 4 is 11.9 Å². The lowest BCUT2D eigenvalue weighted by Crippen LogP contribution is -2.43. The minimum Gasteiger partial charge on any atom is -0.454 e. The Morgan fingerprint density at radius 1 is 1.15 bits per heavy atom. The van der Waals surface area contributed by atoms with Crippen LogP contribution >= 0.6 is 0 Å². The number of carbonyl (C=O) groups is 2. The first-order chi connectivity index (χ1) is 11.9. The van der Waals surface area contributed by atoms with Gasteiger partial charge in [0.25, 0.3) is 0 Å². The number of ether oxygens (including phenoxy) is 5. The molecule has 3 aliphatic rings. The van der Waals surface area contributed by atoms with Crippen LogP contribution in [0.25, 0.3) is 0 Å². The fraction of sp³-hybridized carbons (Fsp3) is 0.895. The second kappa shape index (κ2) is 6.46. The highest BCUT2D eigenvalue weighted by atomic mass is 16.8. The zero-order chi connectivity index (χ0) is 19.4. The molecule has 0 bridgehead atoms. The van der Waals surface area contributed by atoms with Gasteiger partial charge in [0.05, 0.1) is 5.41 Å². The van der Waals surface area contributed by atoms with E-state index in [0.717, 1.165) is 0 Å². The van der Waals surface area contributed by atoms with Gasteiger partial charge in [-0.05, 0) is 39.0 Å². The van der Waals surface area contributed by atoms with Crippen LogP contribution in [0, 0.1) is 17.3 Å². The van der Waals surface area contributed by atoms with Gasteiger partial charge in [0.2, 0.25) is 6.10 Å². The van der Waals surface area contributed by atoms with E-state index in [1.807, 2.05) is 20.8 Å². The summed E-state index contributed by atoms with van der Waals surface area (Å²) in [5.74, 6) is -1.39. The maximum atomic E-state index is 12.9. The lowest BCUT2D eigenvalue weighted by molar-refractivity contribution is -0.218. The third-order valence-corrected chi connectivity index (χ3v) is 5.62. The van der Waals surface area contributed by atoms with Gasteiger partial charge in [0, 0.05) is 0 Å². The molecule has 0 spiro atoms. The molecule has 0 radical (unpaired) electrons. The quantitative estimate of drug-likeness (QED) is 0.688. The van der Waals surface area contributed by atoms with Crippen LogP contribution < -0.4 is 0 Å². The van der Waals surface area contributed by atoms with Crippen molar-refractivity contribution in [1.29, 1.82) is 0 Å². The Morgan fingerprint density at radius 2 is 1.81 bits per heavy atom. The van der Waals surface area contributed by atoms with E-state index >= 15 is 0 Å². The van der Waals surface area contributed by atoms with Gasteiger partial charge >= 0.3 is 11.9 Å². The lowest BCUT2D eigenvalue weighted by atomic mass is 9.73. The molecule has 0 aromatic carbocycles. The molecule has 0 amide bonds. The van der Waals surface area contributed by atoms with Gasteiger partial charge in [0.15, 0.2) is 24.3 Å². The highest BCUT2D eigenvalue weighted by Crippen LogP contribution is 2.44. The summed E-state index contributed by atoms with van der Waals surface area (Å²) in [6.07, 6.45) is -2.86. The second-order valence-electron chi connectivity index (χ2n) is 8.97. The van der Waals surface area contributed by atoms with E-state index in [-0.39, 0.29) is 5.92 Å². The molecule has 26 heavy (non-hydrogen) atoms. The summed E-state index contributed by atoms with van der Waals surface area (Å²) in [5.41, 5.74) is -0.685. The molecule has 0 saturated carbocycles. The first-order valence-electron chi connectivity index (χ1n) is 9.37. The number of hydrogen-bond donors (Lipinski definition) is 0. The fourth-order valence-corrected chi connectivity index (χ4v) is 3.99. The number of fused-ring (bicyclic) bond motifs is 3. The number of hydrogen-bond acceptors (Lipinski definition) is 7. The molecule has 6 atom stereocenters. The van der Waals surface area contributed by atoms with Crippen LogP contribution in [-0.2, 0) is 33.3 Å². The maximum Gasteiger partial charge on any atom is 0.350 e. The van der Waals surface area contributed by atoms with E-state index in [1.165, 1.54) is 0 Å². The van der Waals surface area contributed by atoms with Crippen molar-refractivity contribution in [3.8, 4) is 0 Å². The molecular weight excluding hydrogens is 340 g/mol. The average Bonchev–Trinajstić information content (AvgIpc) is 3.06. The summed E-state index contributed by atoms with van der Waals surface area (Å²) in [5, 5.41) is 0. The maximum absolute atomic E-state index is 12.9. The van der Waals surface area contributed by atoms with Gasteiger partial charge in [-0.25, -0.2) is 4.79 Å². The number of carbonyl (C=O) groups excluding carboxylic acids is 2. The predicted octanol–water partition coefficient (Wildman–Crippen LogP) is 2.41. The molecule has 3 rings (SSSR count). The van der Waals surface area contributed by atoms with Crippen molar-refractivity contribution in [1.82, 2.24) is 0 Å². The largest absolute Gasteiger partial charge is 0.454 e. The first kappa shape index (κ1) is 19.6. The van der Waals surface area contributed by atoms with Gasteiger partial charge < -0.3 is 23.7 Å². The molecule has 3 aliphatic heterocycles. The van der Waals surface area contributed by atoms with Crippen molar-refractivity contribution in [3.05, 3.63) is 0 Å². The van der Waals surface area contributed by atoms with Crippen molar-refractivity contribution in [2.45, 2.75) is 91.4 Å². The summed E-state index contributed by atoms with van der Waals surface area (Å²) < 4.78 is 28.3. The minimum absolute atomic E-state index is 0.0713. The zero-order valence-corrected chi connectivity index (χ0v) is 16.6. The molecule has 0 aromatic heterocycles. The van der Waals surface area contributed by atoms with Crippen LogP contribution in [0.1, 0.15) is 54.9 Å².